The van der Waals surface area contributed by atoms with Crippen LogP contribution in [0, 0.1) is 5.41 Å². The second-order valence-electron chi connectivity index (χ2n) is 8.76. The third-order valence-corrected chi connectivity index (χ3v) is 6.35. The van der Waals surface area contributed by atoms with Crippen LogP contribution < -0.4 is 20.5 Å². The zero-order valence-corrected chi connectivity index (χ0v) is 19.2. The number of hydrogen-bond donors (Lipinski definition) is 3. The minimum atomic E-state index is -0.271. The van der Waals surface area contributed by atoms with E-state index >= 15 is 0 Å². The normalized spacial score (nSPS) is 17.9. The molecule has 2 fully saturated rings. The van der Waals surface area contributed by atoms with Gasteiger partial charge in [0.1, 0.15) is 23.0 Å². The number of anilines is 2. The molecule has 3 N–H and O–H groups in total. The standard InChI is InChI=1S/C23H33N7O2/c1-15(24)19-20(25-16-7-5-4-6-8-16)22(31)28-21(27-19)17-9-10-18(26-23(17)32-3)30-13-11-29(2)12-14-30/h9-10,16,24-25H,4-8,11-14H2,1-3H3,(H,27,28,31). The van der Waals surface area contributed by atoms with Gasteiger partial charge in [0, 0.05) is 32.2 Å². The summed E-state index contributed by atoms with van der Waals surface area (Å²) in [5.74, 6) is 1.62. The number of aromatic amines is 1. The topological polar surface area (TPSA) is 110 Å². The maximum atomic E-state index is 13.0. The van der Waals surface area contributed by atoms with Gasteiger partial charge in [-0.2, -0.15) is 4.98 Å². The Kier molecular flexibility index (Phi) is 6.74. The molecule has 4 rings (SSSR count). The monoisotopic (exact) mass is 439 g/mol. The van der Waals surface area contributed by atoms with E-state index in [1.54, 1.807) is 14.0 Å². The number of pyridine rings is 1. The van der Waals surface area contributed by atoms with Crippen LogP contribution in [0.25, 0.3) is 11.4 Å². The second kappa shape index (κ2) is 9.68. The molecule has 0 spiro atoms. The first-order valence-electron chi connectivity index (χ1n) is 11.4. The van der Waals surface area contributed by atoms with Crippen LogP contribution in [-0.2, 0) is 0 Å². The van der Waals surface area contributed by atoms with Gasteiger partial charge >= 0.3 is 0 Å². The third kappa shape index (κ3) is 4.77. The van der Waals surface area contributed by atoms with Crippen molar-refractivity contribution in [2.24, 2.45) is 0 Å². The van der Waals surface area contributed by atoms with Gasteiger partial charge in [-0.3, -0.25) is 4.79 Å². The van der Waals surface area contributed by atoms with Crippen LogP contribution in [0.2, 0.25) is 0 Å². The molecule has 32 heavy (non-hydrogen) atoms. The maximum absolute atomic E-state index is 13.0. The van der Waals surface area contributed by atoms with E-state index < -0.39 is 0 Å². The van der Waals surface area contributed by atoms with Gasteiger partial charge in [0.25, 0.3) is 5.56 Å². The van der Waals surface area contributed by atoms with Gasteiger partial charge in [-0.1, -0.05) is 19.3 Å². The Hall–Kier alpha value is -2.94. The summed E-state index contributed by atoms with van der Waals surface area (Å²) >= 11 is 0. The van der Waals surface area contributed by atoms with Gasteiger partial charge in [0.2, 0.25) is 5.88 Å². The minimum absolute atomic E-state index is 0.245. The third-order valence-electron chi connectivity index (χ3n) is 6.35. The fourth-order valence-corrected chi connectivity index (χ4v) is 4.44. The molecule has 2 aliphatic rings. The lowest BCUT2D eigenvalue weighted by Crippen LogP contribution is -2.44. The molecule has 1 aliphatic heterocycles. The van der Waals surface area contributed by atoms with Crippen molar-refractivity contribution >= 4 is 17.2 Å². The molecule has 9 heteroatoms. The van der Waals surface area contributed by atoms with Crippen LogP contribution in [0.4, 0.5) is 11.5 Å². The number of piperazine rings is 1. The van der Waals surface area contributed by atoms with Crippen molar-refractivity contribution in [3.8, 4) is 17.3 Å². The summed E-state index contributed by atoms with van der Waals surface area (Å²) in [6.07, 6.45) is 5.61. The number of H-pyrrole nitrogens is 1. The lowest BCUT2D eigenvalue weighted by Gasteiger charge is -2.33. The second-order valence-corrected chi connectivity index (χ2v) is 8.76. The van der Waals surface area contributed by atoms with Crippen LogP contribution >= 0.6 is 0 Å². The summed E-state index contributed by atoms with van der Waals surface area (Å²) in [5.41, 5.74) is 1.34. The van der Waals surface area contributed by atoms with Gasteiger partial charge in [0.05, 0.1) is 18.4 Å². The number of likely N-dealkylation sites (N-methyl/N-ethyl adjacent to an activating group) is 1. The van der Waals surface area contributed by atoms with E-state index in [0.717, 1.165) is 57.7 Å². The van der Waals surface area contributed by atoms with E-state index in [-0.39, 0.29) is 17.3 Å². The van der Waals surface area contributed by atoms with Crippen LogP contribution in [0.5, 0.6) is 5.88 Å². The number of methoxy groups -OCH3 is 1. The molecule has 0 atom stereocenters. The quantitative estimate of drug-likeness (QED) is 0.594. The maximum Gasteiger partial charge on any atom is 0.275 e. The van der Waals surface area contributed by atoms with Gasteiger partial charge < -0.3 is 30.2 Å². The minimum Gasteiger partial charge on any atom is -0.480 e. The van der Waals surface area contributed by atoms with Crippen molar-refractivity contribution < 1.29 is 4.74 Å². The zero-order chi connectivity index (χ0) is 22.7. The van der Waals surface area contributed by atoms with E-state index in [2.05, 4.69) is 32.1 Å². The first-order chi connectivity index (χ1) is 15.5. The van der Waals surface area contributed by atoms with Crippen molar-refractivity contribution in [2.45, 2.75) is 45.1 Å². The molecule has 3 heterocycles. The highest BCUT2D eigenvalue weighted by atomic mass is 16.5. The van der Waals surface area contributed by atoms with Gasteiger partial charge in [0.15, 0.2) is 0 Å². The fourth-order valence-electron chi connectivity index (χ4n) is 4.44. The van der Waals surface area contributed by atoms with Crippen molar-refractivity contribution in [1.82, 2.24) is 19.9 Å². The van der Waals surface area contributed by atoms with Crippen molar-refractivity contribution in [3.05, 3.63) is 28.2 Å². The Morgan fingerprint density at radius 3 is 2.53 bits per heavy atom. The molecule has 172 valence electrons. The number of ether oxygens (including phenoxy) is 1. The smallest absolute Gasteiger partial charge is 0.275 e. The summed E-state index contributed by atoms with van der Waals surface area (Å²) in [6, 6.07) is 4.07. The van der Waals surface area contributed by atoms with Crippen molar-refractivity contribution in [2.75, 3.05) is 50.6 Å². The molecular formula is C23H33N7O2. The zero-order valence-electron chi connectivity index (χ0n) is 19.2. The summed E-state index contributed by atoms with van der Waals surface area (Å²) in [7, 11) is 3.69. The molecule has 2 aromatic rings. The molecule has 1 saturated carbocycles. The van der Waals surface area contributed by atoms with Gasteiger partial charge in [-0.05, 0) is 38.9 Å². The summed E-state index contributed by atoms with van der Waals surface area (Å²) < 4.78 is 5.56. The number of rotatable bonds is 6. The van der Waals surface area contributed by atoms with Crippen LogP contribution in [0.3, 0.4) is 0 Å². The van der Waals surface area contributed by atoms with E-state index in [1.165, 1.54) is 6.42 Å². The van der Waals surface area contributed by atoms with Crippen molar-refractivity contribution in [1.29, 1.82) is 5.41 Å². The fraction of sp³-hybridized carbons (Fsp3) is 0.565. The number of nitrogens with one attached hydrogen (secondary N) is 3. The molecule has 2 aromatic heterocycles. The van der Waals surface area contributed by atoms with Crippen LogP contribution in [0.15, 0.2) is 16.9 Å². The lowest BCUT2D eigenvalue weighted by molar-refractivity contribution is 0.311. The average Bonchev–Trinajstić information content (AvgIpc) is 2.81. The van der Waals surface area contributed by atoms with E-state index in [1.807, 2.05) is 12.1 Å². The van der Waals surface area contributed by atoms with Crippen LogP contribution in [-0.4, -0.2) is 71.9 Å². The van der Waals surface area contributed by atoms with E-state index in [9.17, 15) is 4.79 Å². The molecule has 0 amide bonds. The van der Waals surface area contributed by atoms with Crippen LogP contribution in [0.1, 0.15) is 44.7 Å². The molecule has 1 saturated heterocycles. The first kappa shape index (κ1) is 22.3. The SMILES string of the molecule is COc1nc(N2CCN(C)CC2)ccc1-c1nc(C(C)=N)c(NC2CCCCC2)c(=O)[nH]1. The lowest BCUT2D eigenvalue weighted by atomic mass is 9.95. The Morgan fingerprint density at radius 1 is 1.16 bits per heavy atom. The van der Waals surface area contributed by atoms with E-state index in [0.29, 0.717) is 28.6 Å². The van der Waals surface area contributed by atoms with Crippen molar-refractivity contribution in [3.63, 3.8) is 0 Å². The Bertz CT molecular complexity index is 1020. The average molecular weight is 440 g/mol. The molecule has 1 aliphatic carbocycles. The molecule has 0 bridgehead atoms. The first-order valence-corrected chi connectivity index (χ1v) is 11.4. The molecule has 0 aromatic carbocycles. The van der Waals surface area contributed by atoms with Gasteiger partial charge in [-0.25, -0.2) is 4.98 Å². The highest BCUT2D eigenvalue weighted by molar-refractivity contribution is 5.99. The highest BCUT2D eigenvalue weighted by Gasteiger charge is 2.22. The van der Waals surface area contributed by atoms with Gasteiger partial charge in [-0.15, -0.1) is 0 Å². The molecular weight excluding hydrogens is 406 g/mol. The highest BCUT2D eigenvalue weighted by Crippen LogP contribution is 2.29. The molecule has 9 nitrogen and oxygen atoms in total. The number of hydrogen-bond acceptors (Lipinski definition) is 8. The number of nitrogens with zero attached hydrogens (tertiary/aromatic N) is 4. The Morgan fingerprint density at radius 2 is 1.88 bits per heavy atom. The Labute approximate surface area is 188 Å². The van der Waals surface area contributed by atoms with E-state index in [4.69, 9.17) is 15.1 Å². The largest absolute Gasteiger partial charge is 0.480 e. The molecule has 0 radical (unpaired) electrons. The number of aromatic nitrogens is 3. The summed E-state index contributed by atoms with van der Waals surface area (Å²) in [4.78, 5) is 29.8. The summed E-state index contributed by atoms with van der Waals surface area (Å²) in [5, 5.41) is 11.6. The molecule has 0 unspecified atom stereocenters. The Balaban J connectivity index is 1.66. The summed E-state index contributed by atoms with van der Waals surface area (Å²) in [6.45, 7) is 5.43. The predicted molar refractivity (Wildman–Crippen MR) is 127 cm³/mol. The predicted octanol–water partition coefficient (Wildman–Crippen LogP) is 2.72.